The highest BCUT2D eigenvalue weighted by molar-refractivity contribution is 6.30. The maximum atomic E-state index is 14.3. The van der Waals surface area contributed by atoms with E-state index in [-0.39, 0.29) is 30.3 Å². The predicted octanol–water partition coefficient (Wildman–Crippen LogP) is 7.39. The van der Waals surface area contributed by atoms with E-state index in [2.05, 4.69) is 4.98 Å². The van der Waals surface area contributed by atoms with Crippen LogP contribution >= 0.6 is 23.2 Å². The Labute approximate surface area is 222 Å². The van der Waals surface area contributed by atoms with Crippen LogP contribution in [-0.2, 0) is 9.59 Å². The van der Waals surface area contributed by atoms with Gasteiger partial charge in [0, 0.05) is 22.2 Å². The number of pyridine rings is 1. The van der Waals surface area contributed by atoms with Crippen LogP contribution in [-0.4, -0.2) is 26.9 Å². The van der Waals surface area contributed by atoms with Gasteiger partial charge < -0.3 is 10.0 Å². The zero-order valence-electron chi connectivity index (χ0n) is 20.6. The zero-order chi connectivity index (χ0) is 26.0. The van der Waals surface area contributed by atoms with E-state index in [9.17, 15) is 14.7 Å². The molecule has 0 saturated carbocycles. The molecule has 2 aromatic carbocycles. The molecular weight excluding hydrogens is 495 g/mol. The monoisotopic (exact) mass is 524 g/mol. The Kier molecular flexibility index (Phi) is 7.72. The summed E-state index contributed by atoms with van der Waals surface area (Å²) in [5, 5.41) is 11.0. The molecule has 1 fully saturated rings. The third-order valence-corrected chi connectivity index (χ3v) is 7.71. The van der Waals surface area contributed by atoms with E-state index in [1.165, 1.54) is 0 Å². The summed E-state index contributed by atoms with van der Waals surface area (Å²) < 4.78 is 0. The number of likely N-dealkylation sites (tertiary alicyclic amines) is 1. The first-order valence-electron chi connectivity index (χ1n) is 12.1. The van der Waals surface area contributed by atoms with Crippen LogP contribution in [0.1, 0.15) is 73.5 Å². The van der Waals surface area contributed by atoms with E-state index in [1.54, 1.807) is 13.1 Å². The first kappa shape index (κ1) is 26.2. The van der Waals surface area contributed by atoms with E-state index < -0.39 is 11.4 Å². The first-order chi connectivity index (χ1) is 17.1. The molecule has 1 amide bonds. The minimum atomic E-state index is -1.10. The van der Waals surface area contributed by atoms with Gasteiger partial charge in [-0.15, -0.1) is 0 Å². The highest BCUT2D eigenvalue weighted by Crippen LogP contribution is 2.54. The van der Waals surface area contributed by atoms with Gasteiger partial charge in [0.1, 0.15) is 0 Å². The molecule has 3 aromatic rings. The van der Waals surface area contributed by atoms with E-state index >= 15 is 0 Å². The maximum Gasteiger partial charge on any atom is 0.304 e. The molecule has 1 aromatic heterocycles. The number of amides is 1. The fourth-order valence-corrected chi connectivity index (χ4v) is 5.92. The third-order valence-electron chi connectivity index (χ3n) is 7.22. The number of hydrogen-bond donors (Lipinski definition) is 1. The summed E-state index contributed by atoms with van der Waals surface area (Å²) in [7, 11) is 0. The van der Waals surface area contributed by atoms with Crippen LogP contribution in [0.2, 0.25) is 10.0 Å². The van der Waals surface area contributed by atoms with E-state index in [4.69, 9.17) is 23.2 Å². The number of hydrogen-bond acceptors (Lipinski definition) is 3. The number of aryl methyl sites for hydroxylation is 1. The fourth-order valence-electron chi connectivity index (χ4n) is 5.59. The molecule has 1 aliphatic heterocycles. The van der Waals surface area contributed by atoms with E-state index in [1.807, 2.05) is 79.4 Å². The van der Waals surface area contributed by atoms with Crippen molar-refractivity contribution in [2.24, 2.45) is 5.41 Å². The number of carboxylic acids is 1. The Morgan fingerprint density at radius 1 is 1.11 bits per heavy atom. The normalized spacial score (nSPS) is 22.9. The number of carbonyl (C=O) groups is 2. The second-order valence-electron chi connectivity index (χ2n) is 9.84. The van der Waals surface area contributed by atoms with Gasteiger partial charge in [-0.25, -0.2) is 0 Å². The molecule has 7 heteroatoms. The summed E-state index contributed by atoms with van der Waals surface area (Å²) in [5.74, 6) is -1.37. The summed E-state index contributed by atoms with van der Waals surface area (Å²) in [4.78, 5) is 32.9. The highest BCUT2D eigenvalue weighted by Gasteiger charge is 2.52. The van der Waals surface area contributed by atoms with Gasteiger partial charge in [0.25, 0.3) is 0 Å². The molecule has 2 heterocycles. The number of aliphatic carboxylic acids is 1. The molecule has 0 unspecified atom stereocenters. The van der Waals surface area contributed by atoms with Gasteiger partial charge >= 0.3 is 5.97 Å². The molecule has 4 rings (SSSR count). The lowest BCUT2D eigenvalue weighted by Gasteiger charge is -2.51. The quantitative estimate of drug-likeness (QED) is 0.349. The summed E-state index contributed by atoms with van der Waals surface area (Å²) in [6.45, 7) is 5.79. The average molecular weight is 525 g/mol. The van der Waals surface area contributed by atoms with E-state index in [0.29, 0.717) is 22.9 Å². The van der Waals surface area contributed by atoms with Gasteiger partial charge in [-0.2, -0.15) is 0 Å². The first-order valence-corrected chi connectivity index (χ1v) is 12.9. The molecule has 4 atom stereocenters. The van der Waals surface area contributed by atoms with Crippen molar-refractivity contribution in [1.82, 2.24) is 9.88 Å². The van der Waals surface area contributed by atoms with Gasteiger partial charge in [0.15, 0.2) is 0 Å². The zero-order valence-corrected chi connectivity index (χ0v) is 22.1. The van der Waals surface area contributed by atoms with Crippen molar-refractivity contribution in [3.63, 3.8) is 0 Å². The van der Waals surface area contributed by atoms with Crippen LogP contribution in [0.5, 0.6) is 0 Å². The van der Waals surface area contributed by atoms with Crippen molar-refractivity contribution in [1.29, 1.82) is 0 Å². The Morgan fingerprint density at radius 2 is 1.83 bits per heavy atom. The SMILES string of the molecule is CC[C@@H](c1ncccc1C)N1C(=O)[C@@](C)(CC(=O)O)C[C@H](c2cccc(Cl)c2)[C@H]1c1ccc(Cl)cc1. The molecule has 5 nitrogen and oxygen atoms in total. The number of halogens is 2. The Bertz CT molecular complexity index is 1260. The topological polar surface area (TPSA) is 70.5 Å². The van der Waals surface area contributed by atoms with Gasteiger partial charge in [-0.05, 0) is 66.8 Å². The number of aromatic nitrogens is 1. The molecule has 1 N–H and O–H groups in total. The molecule has 1 saturated heterocycles. The minimum Gasteiger partial charge on any atom is -0.481 e. The molecule has 0 radical (unpaired) electrons. The number of rotatable bonds is 7. The van der Waals surface area contributed by atoms with Crippen LogP contribution in [0.25, 0.3) is 0 Å². The highest BCUT2D eigenvalue weighted by atomic mass is 35.5. The minimum absolute atomic E-state index is 0.181. The fraction of sp³-hybridized carbons (Fsp3) is 0.345. The molecule has 0 aliphatic carbocycles. The summed E-state index contributed by atoms with van der Waals surface area (Å²) in [6.07, 6.45) is 2.48. The lowest BCUT2D eigenvalue weighted by Crippen LogP contribution is -2.53. The number of benzene rings is 2. The average Bonchev–Trinajstić information content (AvgIpc) is 2.83. The molecule has 0 spiro atoms. The molecular formula is C29H30Cl2N2O3. The van der Waals surface area contributed by atoms with Crippen molar-refractivity contribution in [2.45, 2.75) is 58.0 Å². The second kappa shape index (κ2) is 10.6. The van der Waals surface area contributed by atoms with Crippen molar-refractivity contribution in [3.05, 3.63) is 99.3 Å². The van der Waals surface area contributed by atoms with Gasteiger partial charge in [-0.1, -0.05) is 67.4 Å². The predicted molar refractivity (Wildman–Crippen MR) is 142 cm³/mol. The summed E-state index contributed by atoms with van der Waals surface area (Å²) in [6, 6.07) is 18.3. The van der Waals surface area contributed by atoms with Crippen LogP contribution in [0.3, 0.4) is 0 Å². The molecule has 1 aliphatic rings. The van der Waals surface area contributed by atoms with Crippen molar-refractivity contribution in [3.8, 4) is 0 Å². The Hall–Kier alpha value is -2.89. The Morgan fingerprint density at radius 3 is 2.44 bits per heavy atom. The Balaban J connectivity index is 1.97. The number of nitrogens with zero attached hydrogens (tertiary/aromatic N) is 2. The lowest BCUT2D eigenvalue weighted by atomic mass is 9.67. The number of piperidine rings is 1. The van der Waals surface area contributed by atoms with E-state index in [0.717, 1.165) is 22.4 Å². The standard InChI is InChI=1S/C29H30Cl2N2O3/c1-4-24(26-18(2)7-6-14-32-26)33-27(19-10-12-21(30)13-11-19)23(20-8-5-9-22(31)15-20)16-29(3,28(33)36)17-25(34)35/h5-15,23-24,27H,4,16-17H2,1-3H3,(H,34,35)/t23-,24+,27-,29-/m1/s1. The van der Waals surface area contributed by atoms with Gasteiger partial charge in [0.2, 0.25) is 5.91 Å². The molecule has 36 heavy (non-hydrogen) atoms. The largest absolute Gasteiger partial charge is 0.481 e. The van der Waals surface area contributed by atoms with Crippen LogP contribution in [0, 0.1) is 12.3 Å². The lowest BCUT2D eigenvalue weighted by molar-refractivity contribution is -0.161. The van der Waals surface area contributed by atoms with Gasteiger partial charge in [-0.3, -0.25) is 14.6 Å². The van der Waals surface area contributed by atoms with Crippen LogP contribution in [0.15, 0.2) is 66.9 Å². The van der Waals surface area contributed by atoms with Crippen molar-refractivity contribution < 1.29 is 14.7 Å². The number of carboxylic acid groups (broad SMARTS) is 1. The summed E-state index contributed by atoms with van der Waals surface area (Å²) in [5.41, 5.74) is 2.59. The molecule has 0 bridgehead atoms. The maximum absolute atomic E-state index is 14.3. The van der Waals surface area contributed by atoms with Crippen LogP contribution in [0.4, 0.5) is 0 Å². The second-order valence-corrected chi connectivity index (χ2v) is 10.7. The van der Waals surface area contributed by atoms with Crippen molar-refractivity contribution >= 4 is 35.1 Å². The number of carbonyl (C=O) groups excluding carboxylic acids is 1. The van der Waals surface area contributed by atoms with Crippen molar-refractivity contribution in [2.75, 3.05) is 0 Å². The van der Waals surface area contributed by atoms with Gasteiger partial charge in [0.05, 0.1) is 29.6 Å². The molecule has 188 valence electrons. The smallest absolute Gasteiger partial charge is 0.304 e. The third kappa shape index (κ3) is 5.14. The summed E-state index contributed by atoms with van der Waals surface area (Å²) >= 11 is 12.6. The van der Waals surface area contributed by atoms with Crippen LogP contribution < -0.4 is 0 Å².